The fraction of sp³-hybridized carbons (Fsp3) is 0.692. The van der Waals surface area contributed by atoms with Crippen LogP contribution in [-0.4, -0.2) is 0 Å². The third-order valence-electron chi connectivity index (χ3n) is 2.85. The van der Waals surface area contributed by atoms with Crippen molar-refractivity contribution in [3.05, 3.63) is 23.2 Å². The predicted octanol–water partition coefficient (Wildman–Crippen LogP) is 3.87. The number of aryl methyl sites for hydroxylation is 2. The number of rotatable bonds is 6. The van der Waals surface area contributed by atoms with E-state index in [1.807, 2.05) is 13.8 Å². The lowest BCUT2D eigenvalue weighted by atomic mass is 10.0. The molecule has 0 bridgehead atoms. The Bertz CT molecular complexity index is 291. The van der Waals surface area contributed by atoms with Crippen LogP contribution in [0.5, 0.6) is 0 Å². The van der Waals surface area contributed by atoms with Crippen LogP contribution in [0.1, 0.15) is 62.2 Å². The zero-order chi connectivity index (χ0) is 11.3. The third kappa shape index (κ3) is 3.71. The van der Waals surface area contributed by atoms with Crippen LogP contribution in [0.2, 0.25) is 0 Å². The van der Waals surface area contributed by atoms with Gasteiger partial charge >= 0.3 is 0 Å². The van der Waals surface area contributed by atoms with Gasteiger partial charge in [-0.3, -0.25) is 0 Å². The maximum absolute atomic E-state index is 6.13. The molecule has 86 valence electrons. The molecule has 15 heavy (non-hydrogen) atoms. The van der Waals surface area contributed by atoms with Gasteiger partial charge in [0.15, 0.2) is 0 Å². The smallest absolute Gasteiger partial charge is 0.105 e. The van der Waals surface area contributed by atoms with Crippen molar-refractivity contribution in [1.29, 1.82) is 0 Å². The maximum atomic E-state index is 6.13. The Hall–Kier alpha value is -0.760. The molecule has 2 heteroatoms. The first kappa shape index (κ1) is 12.3. The van der Waals surface area contributed by atoms with Crippen LogP contribution in [0, 0.1) is 13.8 Å². The molecular weight excluding hydrogens is 186 g/mol. The summed E-state index contributed by atoms with van der Waals surface area (Å²) in [6, 6.07) is 2.22. The fourth-order valence-electron chi connectivity index (χ4n) is 1.97. The molecule has 0 fully saturated rings. The molecule has 0 saturated heterocycles. The van der Waals surface area contributed by atoms with Gasteiger partial charge in [0.1, 0.15) is 11.5 Å². The van der Waals surface area contributed by atoms with E-state index in [1.54, 1.807) is 0 Å². The van der Waals surface area contributed by atoms with E-state index in [0.29, 0.717) is 0 Å². The lowest BCUT2D eigenvalue weighted by Gasteiger charge is -2.09. The molecular formula is C13H23NO. The summed E-state index contributed by atoms with van der Waals surface area (Å²) >= 11 is 0. The van der Waals surface area contributed by atoms with Gasteiger partial charge in [-0.15, -0.1) is 0 Å². The second kappa shape index (κ2) is 5.96. The summed E-state index contributed by atoms with van der Waals surface area (Å²) < 4.78 is 5.48. The summed E-state index contributed by atoms with van der Waals surface area (Å²) in [5, 5.41) is 0. The molecule has 0 radical (unpaired) electrons. The second-order valence-corrected chi connectivity index (χ2v) is 4.32. The Balaban J connectivity index is 2.39. The summed E-state index contributed by atoms with van der Waals surface area (Å²) in [6.45, 7) is 6.19. The Morgan fingerprint density at radius 2 is 2.00 bits per heavy atom. The van der Waals surface area contributed by atoms with Gasteiger partial charge in [0.05, 0.1) is 0 Å². The first-order valence-electron chi connectivity index (χ1n) is 5.97. The van der Waals surface area contributed by atoms with Gasteiger partial charge in [-0.05, 0) is 26.3 Å². The Morgan fingerprint density at radius 3 is 2.53 bits per heavy atom. The zero-order valence-corrected chi connectivity index (χ0v) is 10.2. The van der Waals surface area contributed by atoms with E-state index in [0.717, 1.165) is 17.9 Å². The normalized spacial score (nSPS) is 13.1. The molecule has 2 N–H and O–H groups in total. The molecule has 0 aromatic carbocycles. The summed E-state index contributed by atoms with van der Waals surface area (Å²) in [5.74, 6) is 1.95. The lowest BCUT2D eigenvalue weighted by molar-refractivity contribution is 0.491. The molecule has 1 unspecified atom stereocenters. The summed E-state index contributed by atoms with van der Waals surface area (Å²) in [7, 11) is 0. The molecule has 0 aliphatic heterocycles. The number of hydrogen-bond donors (Lipinski definition) is 1. The van der Waals surface area contributed by atoms with E-state index in [-0.39, 0.29) is 6.04 Å². The highest BCUT2D eigenvalue weighted by Crippen LogP contribution is 2.23. The van der Waals surface area contributed by atoms with E-state index >= 15 is 0 Å². The van der Waals surface area contributed by atoms with Crippen LogP contribution in [0.4, 0.5) is 0 Å². The highest BCUT2D eigenvalue weighted by Gasteiger charge is 2.12. The number of furan rings is 1. The van der Waals surface area contributed by atoms with E-state index in [1.165, 1.54) is 31.2 Å². The molecule has 0 saturated carbocycles. The molecule has 0 amide bonds. The monoisotopic (exact) mass is 209 g/mol. The highest BCUT2D eigenvalue weighted by molar-refractivity contribution is 5.23. The average molecular weight is 209 g/mol. The Kier molecular flexibility index (Phi) is 4.89. The van der Waals surface area contributed by atoms with Crippen molar-refractivity contribution in [1.82, 2.24) is 0 Å². The quantitative estimate of drug-likeness (QED) is 0.722. The topological polar surface area (TPSA) is 39.2 Å². The second-order valence-electron chi connectivity index (χ2n) is 4.32. The standard InChI is InChI=1S/C13H23NO/c1-4-5-6-7-8-13(14)12-9-10(2)15-11(12)3/h9,13H,4-8,14H2,1-3H3. The van der Waals surface area contributed by atoms with Crippen molar-refractivity contribution in [2.45, 2.75) is 58.9 Å². The molecule has 0 aliphatic carbocycles. The van der Waals surface area contributed by atoms with Gasteiger partial charge in [0, 0.05) is 11.6 Å². The predicted molar refractivity (Wildman–Crippen MR) is 63.9 cm³/mol. The molecule has 0 spiro atoms. The van der Waals surface area contributed by atoms with E-state index in [4.69, 9.17) is 10.2 Å². The van der Waals surface area contributed by atoms with Crippen LogP contribution in [0.25, 0.3) is 0 Å². The van der Waals surface area contributed by atoms with Crippen molar-refractivity contribution in [2.75, 3.05) is 0 Å². The maximum Gasteiger partial charge on any atom is 0.105 e. The summed E-state index contributed by atoms with van der Waals surface area (Å²) in [6.07, 6.45) is 6.17. The number of nitrogens with two attached hydrogens (primary N) is 1. The van der Waals surface area contributed by atoms with Crippen molar-refractivity contribution in [2.24, 2.45) is 5.73 Å². The molecule has 2 nitrogen and oxygen atoms in total. The van der Waals surface area contributed by atoms with Gasteiger partial charge in [0.25, 0.3) is 0 Å². The van der Waals surface area contributed by atoms with Crippen molar-refractivity contribution >= 4 is 0 Å². The first-order valence-corrected chi connectivity index (χ1v) is 5.97. The third-order valence-corrected chi connectivity index (χ3v) is 2.85. The summed E-state index contributed by atoms with van der Waals surface area (Å²) in [5.41, 5.74) is 7.32. The van der Waals surface area contributed by atoms with Crippen molar-refractivity contribution in [3.8, 4) is 0 Å². The van der Waals surface area contributed by atoms with Gasteiger partial charge < -0.3 is 10.2 Å². The van der Waals surface area contributed by atoms with E-state index < -0.39 is 0 Å². The number of unbranched alkanes of at least 4 members (excludes halogenated alkanes) is 3. The number of hydrogen-bond acceptors (Lipinski definition) is 2. The van der Waals surface area contributed by atoms with Crippen LogP contribution < -0.4 is 5.73 Å². The minimum atomic E-state index is 0.152. The first-order chi connectivity index (χ1) is 7.15. The SMILES string of the molecule is CCCCCCC(N)c1cc(C)oc1C. The van der Waals surface area contributed by atoms with Crippen molar-refractivity contribution < 1.29 is 4.42 Å². The minimum Gasteiger partial charge on any atom is -0.466 e. The molecule has 1 rings (SSSR count). The molecule has 1 heterocycles. The molecule has 0 aliphatic rings. The molecule has 1 atom stereocenters. The van der Waals surface area contributed by atoms with Crippen LogP contribution in [0.15, 0.2) is 10.5 Å². The van der Waals surface area contributed by atoms with Crippen molar-refractivity contribution in [3.63, 3.8) is 0 Å². The van der Waals surface area contributed by atoms with Gasteiger partial charge in [0.2, 0.25) is 0 Å². The summed E-state index contributed by atoms with van der Waals surface area (Å²) in [4.78, 5) is 0. The minimum absolute atomic E-state index is 0.152. The Morgan fingerprint density at radius 1 is 1.27 bits per heavy atom. The highest BCUT2D eigenvalue weighted by atomic mass is 16.3. The Labute approximate surface area is 92.9 Å². The van der Waals surface area contributed by atoms with Crippen LogP contribution in [-0.2, 0) is 0 Å². The lowest BCUT2D eigenvalue weighted by Crippen LogP contribution is -2.10. The van der Waals surface area contributed by atoms with E-state index in [9.17, 15) is 0 Å². The molecule has 1 aromatic heterocycles. The van der Waals surface area contributed by atoms with E-state index in [2.05, 4.69) is 13.0 Å². The fourth-order valence-corrected chi connectivity index (χ4v) is 1.97. The molecule has 1 aromatic rings. The van der Waals surface area contributed by atoms with Gasteiger partial charge in [-0.2, -0.15) is 0 Å². The van der Waals surface area contributed by atoms with Gasteiger partial charge in [-0.1, -0.05) is 32.6 Å². The zero-order valence-electron chi connectivity index (χ0n) is 10.2. The largest absolute Gasteiger partial charge is 0.466 e. The van der Waals surface area contributed by atoms with Gasteiger partial charge in [-0.25, -0.2) is 0 Å². The van der Waals surface area contributed by atoms with Crippen LogP contribution in [0.3, 0.4) is 0 Å². The average Bonchev–Trinajstić information content (AvgIpc) is 2.52. The van der Waals surface area contributed by atoms with Crippen LogP contribution >= 0.6 is 0 Å².